The SMILES string of the molecule is CCCNC(=O)C1CCN(C(=O)Cc2ccc(CC(C)C)cc2)CC1. The highest BCUT2D eigenvalue weighted by molar-refractivity contribution is 5.81. The lowest BCUT2D eigenvalue weighted by Crippen LogP contribution is -2.43. The number of benzene rings is 1. The lowest BCUT2D eigenvalue weighted by molar-refractivity contribution is -0.135. The minimum absolute atomic E-state index is 0.0610. The number of nitrogens with zero attached hydrogens (tertiary/aromatic N) is 1. The lowest BCUT2D eigenvalue weighted by Gasteiger charge is -2.31. The molecule has 0 spiro atoms. The Balaban J connectivity index is 1.79. The molecule has 0 aliphatic carbocycles. The van der Waals surface area contributed by atoms with Gasteiger partial charge in [0.25, 0.3) is 0 Å². The summed E-state index contributed by atoms with van der Waals surface area (Å²) >= 11 is 0. The quantitative estimate of drug-likeness (QED) is 0.826. The minimum atomic E-state index is 0.0610. The van der Waals surface area contributed by atoms with Gasteiger partial charge in [-0.05, 0) is 42.7 Å². The van der Waals surface area contributed by atoms with E-state index in [-0.39, 0.29) is 17.7 Å². The largest absolute Gasteiger partial charge is 0.356 e. The minimum Gasteiger partial charge on any atom is -0.356 e. The summed E-state index contributed by atoms with van der Waals surface area (Å²) in [4.78, 5) is 26.4. The van der Waals surface area contributed by atoms with Crippen LogP contribution in [0.15, 0.2) is 24.3 Å². The molecule has 1 aliphatic rings. The summed E-state index contributed by atoms with van der Waals surface area (Å²) in [6.07, 6.45) is 4.03. The number of carbonyl (C=O) groups excluding carboxylic acids is 2. The van der Waals surface area contributed by atoms with Crippen LogP contribution in [0.2, 0.25) is 0 Å². The molecule has 0 saturated carbocycles. The molecule has 4 heteroatoms. The van der Waals surface area contributed by atoms with Crippen molar-refractivity contribution >= 4 is 11.8 Å². The molecular weight excluding hydrogens is 312 g/mol. The van der Waals surface area contributed by atoms with E-state index >= 15 is 0 Å². The molecule has 1 N–H and O–H groups in total. The molecule has 1 aliphatic heterocycles. The van der Waals surface area contributed by atoms with Crippen molar-refractivity contribution < 1.29 is 9.59 Å². The molecule has 1 heterocycles. The summed E-state index contributed by atoms with van der Waals surface area (Å²) in [5.74, 6) is 1.02. The molecule has 2 amide bonds. The van der Waals surface area contributed by atoms with Gasteiger partial charge >= 0.3 is 0 Å². The van der Waals surface area contributed by atoms with E-state index in [9.17, 15) is 9.59 Å². The number of rotatable bonds is 7. The number of hydrogen-bond donors (Lipinski definition) is 1. The van der Waals surface area contributed by atoms with Gasteiger partial charge in [-0.1, -0.05) is 45.0 Å². The van der Waals surface area contributed by atoms with E-state index < -0.39 is 0 Å². The second kappa shape index (κ2) is 9.59. The maximum absolute atomic E-state index is 12.5. The van der Waals surface area contributed by atoms with Crippen LogP contribution in [0.5, 0.6) is 0 Å². The van der Waals surface area contributed by atoms with E-state index in [0.717, 1.165) is 37.8 Å². The van der Waals surface area contributed by atoms with Gasteiger partial charge in [0.1, 0.15) is 0 Å². The van der Waals surface area contributed by atoms with E-state index in [1.165, 1.54) is 5.56 Å². The summed E-state index contributed by atoms with van der Waals surface area (Å²) in [5.41, 5.74) is 2.39. The molecule has 4 nitrogen and oxygen atoms in total. The van der Waals surface area contributed by atoms with E-state index in [4.69, 9.17) is 0 Å². The molecule has 1 aromatic carbocycles. The van der Waals surface area contributed by atoms with Crippen LogP contribution in [0.4, 0.5) is 0 Å². The maximum atomic E-state index is 12.5. The number of likely N-dealkylation sites (tertiary alicyclic amines) is 1. The van der Waals surface area contributed by atoms with Crippen LogP contribution in [0, 0.1) is 11.8 Å². The average molecular weight is 344 g/mol. The Morgan fingerprint density at radius 1 is 1.12 bits per heavy atom. The van der Waals surface area contributed by atoms with Gasteiger partial charge in [-0.3, -0.25) is 9.59 Å². The first-order valence-electron chi connectivity index (χ1n) is 9.63. The molecule has 1 aromatic rings. The monoisotopic (exact) mass is 344 g/mol. The molecule has 0 radical (unpaired) electrons. The number of amides is 2. The highest BCUT2D eigenvalue weighted by Gasteiger charge is 2.26. The van der Waals surface area contributed by atoms with Gasteiger partial charge in [0, 0.05) is 25.6 Å². The van der Waals surface area contributed by atoms with Gasteiger partial charge in [0.15, 0.2) is 0 Å². The van der Waals surface area contributed by atoms with Crippen molar-refractivity contribution in [3.8, 4) is 0 Å². The van der Waals surface area contributed by atoms with Gasteiger partial charge in [0.05, 0.1) is 6.42 Å². The van der Waals surface area contributed by atoms with Crippen molar-refractivity contribution in [2.45, 2.75) is 52.9 Å². The summed E-state index contributed by atoms with van der Waals surface area (Å²) < 4.78 is 0. The Bertz CT molecular complexity index is 558. The summed E-state index contributed by atoms with van der Waals surface area (Å²) in [6, 6.07) is 8.40. The zero-order chi connectivity index (χ0) is 18.2. The van der Waals surface area contributed by atoms with Crippen molar-refractivity contribution in [2.24, 2.45) is 11.8 Å². The molecule has 25 heavy (non-hydrogen) atoms. The Hall–Kier alpha value is -1.84. The fourth-order valence-corrected chi connectivity index (χ4v) is 3.33. The standard InChI is InChI=1S/C21H32N2O2/c1-4-11-22-21(25)19-9-12-23(13-10-19)20(24)15-18-7-5-17(6-8-18)14-16(2)3/h5-8,16,19H,4,9-15H2,1-3H3,(H,22,25). The fourth-order valence-electron chi connectivity index (χ4n) is 3.33. The predicted octanol–water partition coefficient (Wildman–Crippen LogP) is 3.19. The van der Waals surface area contributed by atoms with Gasteiger partial charge in [0.2, 0.25) is 11.8 Å². The Morgan fingerprint density at radius 2 is 1.72 bits per heavy atom. The Kier molecular flexibility index (Phi) is 7.48. The number of hydrogen-bond acceptors (Lipinski definition) is 2. The van der Waals surface area contributed by atoms with Crippen LogP contribution >= 0.6 is 0 Å². The van der Waals surface area contributed by atoms with E-state index in [2.05, 4.69) is 50.4 Å². The zero-order valence-corrected chi connectivity index (χ0v) is 15.9. The molecule has 0 atom stereocenters. The summed E-state index contributed by atoms with van der Waals surface area (Å²) in [5, 5.41) is 2.96. The summed E-state index contributed by atoms with van der Waals surface area (Å²) in [6.45, 7) is 8.60. The van der Waals surface area contributed by atoms with Crippen LogP contribution in [0.3, 0.4) is 0 Å². The third-order valence-electron chi connectivity index (χ3n) is 4.79. The van der Waals surface area contributed by atoms with Crippen molar-refractivity contribution in [2.75, 3.05) is 19.6 Å². The first-order chi connectivity index (χ1) is 12.0. The van der Waals surface area contributed by atoms with Crippen LogP contribution in [-0.4, -0.2) is 36.3 Å². The predicted molar refractivity (Wildman–Crippen MR) is 101 cm³/mol. The number of carbonyl (C=O) groups is 2. The van der Waals surface area contributed by atoms with Crippen LogP contribution < -0.4 is 5.32 Å². The van der Waals surface area contributed by atoms with Crippen LogP contribution in [0.25, 0.3) is 0 Å². The molecule has 2 rings (SSSR count). The van der Waals surface area contributed by atoms with Gasteiger partial charge in [-0.25, -0.2) is 0 Å². The van der Waals surface area contributed by atoms with Gasteiger partial charge < -0.3 is 10.2 Å². The van der Waals surface area contributed by atoms with E-state index in [1.54, 1.807) is 0 Å². The molecular formula is C21H32N2O2. The van der Waals surface area contributed by atoms with E-state index in [0.29, 0.717) is 25.4 Å². The van der Waals surface area contributed by atoms with Crippen LogP contribution in [-0.2, 0) is 22.4 Å². The third-order valence-corrected chi connectivity index (χ3v) is 4.79. The zero-order valence-electron chi connectivity index (χ0n) is 15.9. The van der Waals surface area contributed by atoms with Gasteiger partial charge in [-0.15, -0.1) is 0 Å². The molecule has 1 saturated heterocycles. The number of nitrogens with one attached hydrogen (secondary N) is 1. The van der Waals surface area contributed by atoms with E-state index in [1.807, 2.05) is 4.90 Å². The molecule has 1 fully saturated rings. The van der Waals surface area contributed by atoms with Gasteiger partial charge in [-0.2, -0.15) is 0 Å². The molecule has 138 valence electrons. The molecule has 0 aromatic heterocycles. The maximum Gasteiger partial charge on any atom is 0.226 e. The normalized spacial score (nSPS) is 15.4. The second-order valence-corrected chi connectivity index (χ2v) is 7.54. The van der Waals surface area contributed by atoms with Crippen molar-refractivity contribution in [1.82, 2.24) is 10.2 Å². The third kappa shape index (κ3) is 6.18. The average Bonchev–Trinajstić information content (AvgIpc) is 2.61. The first-order valence-corrected chi connectivity index (χ1v) is 9.63. The van der Waals surface area contributed by atoms with Crippen LogP contribution in [0.1, 0.15) is 51.2 Å². The fraction of sp³-hybridized carbons (Fsp3) is 0.619. The summed E-state index contributed by atoms with van der Waals surface area (Å²) in [7, 11) is 0. The highest BCUT2D eigenvalue weighted by atomic mass is 16.2. The van der Waals surface area contributed by atoms with Crippen molar-refractivity contribution in [3.05, 3.63) is 35.4 Å². The van der Waals surface area contributed by atoms with Crippen molar-refractivity contribution in [1.29, 1.82) is 0 Å². The molecule has 0 bridgehead atoms. The highest BCUT2D eigenvalue weighted by Crippen LogP contribution is 2.19. The second-order valence-electron chi connectivity index (χ2n) is 7.54. The topological polar surface area (TPSA) is 49.4 Å². The first kappa shape index (κ1) is 19.5. The molecule has 0 unspecified atom stereocenters. The smallest absolute Gasteiger partial charge is 0.226 e. The Morgan fingerprint density at radius 3 is 2.28 bits per heavy atom. The van der Waals surface area contributed by atoms with Crippen molar-refractivity contribution in [3.63, 3.8) is 0 Å². The Labute approximate surface area is 152 Å². The lowest BCUT2D eigenvalue weighted by atomic mass is 9.95. The number of piperidine rings is 1.